The van der Waals surface area contributed by atoms with Crippen LogP contribution >= 0.6 is 0 Å². The molecular weight excluding hydrogens is 232 g/mol. The van der Waals surface area contributed by atoms with Crippen LogP contribution in [0, 0.1) is 0 Å². The predicted octanol–water partition coefficient (Wildman–Crippen LogP) is -1.30. The van der Waals surface area contributed by atoms with E-state index in [1.807, 2.05) is 0 Å². The molecule has 1 amide bonds. The zero-order valence-electron chi connectivity index (χ0n) is 11.9. The first-order valence-corrected chi connectivity index (χ1v) is 6.53. The zero-order valence-corrected chi connectivity index (χ0v) is 11.9. The molecule has 0 aromatic rings. The van der Waals surface area contributed by atoms with Crippen molar-refractivity contribution in [2.75, 3.05) is 52.9 Å². The molecule has 0 saturated heterocycles. The fourth-order valence-electron chi connectivity index (χ4n) is 1.59. The summed E-state index contributed by atoms with van der Waals surface area (Å²) in [5, 5.41) is 12.4. The highest BCUT2D eigenvalue weighted by Crippen LogP contribution is 1.93. The topological polar surface area (TPSA) is 81.8 Å². The van der Waals surface area contributed by atoms with Crippen LogP contribution < -0.4 is 11.1 Å². The van der Waals surface area contributed by atoms with Crippen LogP contribution in [-0.2, 0) is 4.79 Å². The number of aliphatic hydroxyl groups excluding tert-OH is 1. The molecule has 0 spiro atoms. The average molecular weight is 260 g/mol. The Balaban J connectivity index is 3.87. The maximum Gasteiger partial charge on any atom is 0.231 e. The van der Waals surface area contributed by atoms with Gasteiger partial charge in [-0.3, -0.25) is 9.69 Å². The molecule has 4 N–H and O–H groups in total. The lowest BCUT2D eigenvalue weighted by Gasteiger charge is -2.26. The molecule has 0 aliphatic carbocycles. The van der Waals surface area contributed by atoms with Gasteiger partial charge in [0, 0.05) is 32.7 Å². The molecular formula is C12H28N4O2. The van der Waals surface area contributed by atoms with Gasteiger partial charge in [-0.05, 0) is 20.5 Å². The minimum atomic E-state index is -0.345. The van der Waals surface area contributed by atoms with Gasteiger partial charge in [-0.1, -0.05) is 6.92 Å². The summed E-state index contributed by atoms with van der Waals surface area (Å²) in [4.78, 5) is 15.0. The summed E-state index contributed by atoms with van der Waals surface area (Å²) >= 11 is 0. The van der Waals surface area contributed by atoms with Gasteiger partial charge >= 0.3 is 0 Å². The van der Waals surface area contributed by atoms with E-state index in [-0.39, 0.29) is 18.6 Å². The van der Waals surface area contributed by atoms with Crippen LogP contribution in [0.3, 0.4) is 0 Å². The first kappa shape index (κ1) is 17.3. The van der Waals surface area contributed by atoms with Gasteiger partial charge in [0.2, 0.25) is 5.91 Å². The minimum Gasteiger partial charge on any atom is -0.392 e. The summed E-state index contributed by atoms with van der Waals surface area (Å²) in [6, 6.07) is 0. The van der Waals surface area contributed by atoms with Crippen LogP contribution in [0.15, 0.2) is 0 Å². The Hall–Kier alpha value is -0.690. The number of likely N-dealkylation sites (N-methyl/N-ethyl adjacent to an activating group) is 1. The number of carbonyl (C=O) groups excluding carboxylic acids is 1. The van der Waals surface area contributed by atoms with Gasteiger partial charge in [0.05, 0.1) is 12.6 Å². The molecule has 6 nitrogen and oxygen atoms in total. The number of nitrogens with two attached hydrogens (primary N) is 1. The number of primary amides is 1. The summed E-state index contributed by atoms with van der Waals surface area (Å²) in [5.74, 6) is -0.345. The van der Waals surface area contributed by atoms with Crippen molar-refractivity contribution < 1.29 is 9.90 Å². The van der Waals surface area contributed by atoms with Gasteiger partial charge in [0.1, 0.15) is 0 Å². The van der Waals surface area contributed by atoms with Crippen LogP contribution in [0.25, 0.3) is 0 Å². The molecule has 18 heavy (non-hydrogen) atoms. The number of rotatable bonds is 11. The average Bonchev–Trinajstić information content (AvgIpc) is 2.29. The zero-order chi connectivity index (χ0) is 14.0. The fraction of sp³-hybridized carbons (Fsp3) is 0.917. The molecule has 0 radical (unpaired) electrons. The molecule has 0 bridgehead atoms. The monoisotopic (exact) mass is 260 g/mol. The summed E-state index contributed by atoms with van der Waals surface area (Å²) in [5.41, 5.74) is 5.04. The second-order valence-corrected chi connectivity index (χ2v) is 4.69. The molecule has 6 heteroatoms. The van der Waals surface area contributed by atoms with Crippen LogP contribution in [0.1, 0.15) is 13.8 Å². The molecule has 0 aliphatic heterocycles. The van der Waals surface area contributed by atoms with Gasteiger partial charge in [0.25, 0.3) is 0 Å². The van der Waals surface area contributed by atoms with Gasteiger partial charge < -0.3 is 21.1 Å². The number of aliphatic hydroxyl groups is 1. The Morgan fingerprint density at radius 2 is 2.06 bits per heavy atom. The first-order valence-electron chi connectivity index (χ1n) is 6.53. The van der Waals surface area contributed by atoms with Crippen molar-refractivity contribution in [3.05, 3.63) is 0 Å². The lowest BCUT2D eigenvalue weighted by atomic mass is 10.3. The number of hydrogen-bond donors (Lipinski definition) is 3. The van der Waals surface area contributed by atoms with Crippen molar-refractivity contribution in [2.45, 2.75) is 20.0 Å². The highest BCUT2D eigenvalue weighted by molar-refractivity contribution is 5.75. The SMILES string of the molecule is CCN(C)CCN(CCNCC(N)=O)CC(C)O. The Morgan fingerprint density at radius 1 is 1.39 bits per heavy atom. The quantitative estimate of drug-likeness (QED) is 0.402. The van der Waals surface area contributed by atoms with Crippen LogP contribution in [0.4, 0.5) is 0 Å². The van der Waals surface area contributed by atoms with Crippen molar-refractivity contribution >= 4 is 5.91 Å². The second kappa shape index (κ2) is 10.3. The lowest BCUT2D eigenvalue weighted by molar-refractivity contribution is -0.117. The van der Waals surface area contributed by atoms with Crippen molar-refractivity contribution in [1.29, 1.82) is 0 Å². The Labute approximate surface area is 110 Å². The number of nitrogens with one attached hydrogen (secondary N) is 1. The summed E-state index contributed by atoms with van der Waals surface area (Å²) in [6.45, 7) is 9.16. The Bertz CT molecular complexity index is 224. The van der Waals surface area contributed by atoms with Gasteiger partial charge in [-0.25, -0.2) is 0 Å². The largest absolute Gasteiger partial charge is 0.392 e. The van der Waals surface area contributed by atoms with Gasteiger partial charge in [-0.2, -0.15) is 0 Å². The van der Waals surface area contributed by atoms with Crippen molar-refractivity contribution in [3.63, 3.8) is 0 Å². The first-order chi connectivity index (χ1) is 8.45. The molecule has 0 fully saturated rings. The molecule has 0 aromatic heterocycles. The van der Waals surface area contributed by atoms with E-state index >= 15 is 0 Å². The molecule has 0 saturated carbocycles. The van der Waals surface area contributed by atoms with Crippen molar-refractivity contribution in [3.8, 4) is 0 Å². The van der Waals surface area contributed by atoms with Crippen molar-refractivity contribution in [1.82, 2.24) is 15.1 Å². The molecule has 108 valence electrons. The Morgan fingerprint density at radius 3 is 2.56 bits per heavy atom. The minimum absolute atomic E-state index is 0.206. The lowest BCUT2D eigenvalue weighted by Crippen LogP contribution is -2.42. The maximum absolute atomic E-state index is 10.6. The number of amides is 1. The van der Waals surface area contributed by atoms with E-state index in [0.29, 0.717) is 13.1 Å². The Kier molecular flexibility index (Phi) is 9.86. The second-order valence-electron chi connectivity index (χ2n) is 4.69. The smallest absolute Gasteiger partial charge is 0.231 e. The third kappa shape index (κ3) is 10.5. The summed E-state index contributed by atoms with van der Waals surface area (Å²) < 4.78 is 0. The van der Waals surface area contributed by atoms with Gasteiger partial charge in [0.15, 0.2) is 0 Å². The van der Waals surface area contributed by atoms with Crippen LogP contribution in [0.2, 0.25) is 0 Å². The maximum atomic E-state index is 10.6. The van der Waals surface area contributed by atoms with Crippen molar-refractivity contribution in [2.24, 2.45) is 5.73 Å². The highest BCUT2D eigenvalue weighted by atomic mass is 16.3. The van der Waals surface area contributed by atoms with E-state index in [0.717, 1.165) is 26.2 Å². The molecule has 0 rings (SSSR count). The normalized spacial score (nSPS) is 13.2. The predicted molar refractivity (Wildman–Crippen MR) is 73.4 cm³/mol. The van der Waals surface area contributed by atoms with Gasteiger partial charge in [-0.15, -0.1) is 0 Å². The molecule has 1 unspecified atom stereocenters. The number of nitrogens with zero attached hydrogens (tertiary/aromatic N) is 2. The van der Waals surface area contributed by atoms with E-state index < -0.39 is 0 Å². The number of carbonyl (C=O) groups is 1. The standard InChI is InChI=1S/C12H28N4O2/c1-4-15(3)7-8-16(10-11(2)17)6-5-14-9-12(13)18/h11,14,17H,4-10H2,1-3H3,(H2,13,18). The molecule has 0 aliphatic rings. The van der Waals surface area contributed by atoms with E-state index in [9.17, 15) is 9.90 Å². The third-order valence-electron chi connectivity index (χ3n) is 2.76. The van der Waals surface area contributed by atoms with E-state index in [1.165, 1.54) is 0 Å². The van der Waals surface area contributed by atoms with E-state index in [2.05, 4.69) is 29.1 Å². The fourth-order valence-corrected chi connectivity index (χ4v) is 1.59. The van der Waals surface area contributed by atoms with E-state index in [1.54, 1.807) is 6.92 Å². The highest BCUT2D eigenvalue weighted by Gasteiger charge is 2.08. The van der Waals surface area contributed by atoms with Crippen LogP contribution in [-0.4, -0.2) is 79.8 Å². The van der Waals surface area contributed by atoms with E-state index in [4.69, 9.17) is 5.73 Å². The van der Waals surface area contributed by atoms with Crippen LogP contribution in [0.5, 0.6) is 0 Å². The number of hydrogen-bond acceptors (Lipinski definition) is 5. The molecule has 0 heterocycles. The molecule has 0 aromatic carbocycles. The molecule has 1 atom stereocenters. The summed E-state index contributed by atoms with van der Waals surface area (Å²) in [7, 11) is 2.08. The third-order valence-corrected chi connectivity index (χ3v) is 2.76. The summed E-state index contributed by atoms with van der Waals surface area (Å²) in [6.07, 6.45) is -0.340.